The maximum atomic E-state index is 12.9. The molecule has 0 spiro atoms. The Morgan fingerprint density at radius 1 is 1.29 bits per heavy atom. The van der Waals surface area contributed by atoms with E-state index in [0.29, 0.717) is 16.3 Å². The minimum Gasteiger partial charge on any atom is -0.462 e. The largest absolute Gasteiger partial charge is 0.462 e. The summed E-state index contributed by atoms with van der Waals surface area (Å²) in [6, 6.07) is 6.77. The number of nitrogens with zero attached hydrogens (tertiary/aromatic N) is 1. The topological polar surface area (TPSA) is 51.2 Å². The van der Waals surface area contributed by atoms with Gasteiger partial charge in [-0.05, 0) is 37.6 Å². The van der Waals surface area contributed by atoms with E-state index < -0.39 is 17.8 Å². The second-order valence-corrected chi connectivity index (χ2v) is 5.27. The number of para-hydroxylation sites is 1. The van der Waals surface area contributed by atoms with Gasteiger partial charge in [0, 0.05) is 0 Å². The predicted octanol–water partition coefficient (Wildman–Crippen LogP) is 4.98. The zero-order valence-electron chi connectivity index (χ0n) is 12.9. The van der Waals surface area contributed by atoms with Crippen LogP contribution in [0.15, 0.2) is 30.3 Å². The van der Waals surface area contributed by atoms with Gasteiger partial charge >= 0.3 is 12.1 Å². The summed E-state index contributed by atoms with van der Waals surface area (Å²) in [5, 5.41) is 3.01. The Morgan fingerprint density at radius 2 is 2.00 bits per heavy atom. The number of benzene rings is 1. The number of esters is 1. The molecule has 0 saturated heterocycles. The van der Waals surface area contributed by atoms with Gasteiger partial charge in [0.2, 0.25) is 0 Å². The SMILES string of the molecule is CCOC(=O)c1ccc(C(F)(F)F)nc1Nc1c(C)cccc1Cl. The summed E-state index contributed by atoms with van der Waals surface area (Å²) >= 11 is 6.07. The van der Waals surface area contributed by atoms with E-state index in [9.17, 15) is 18.0 Å². The molecule has 0 bridgehead atoms. The van der Waals surface area contributed by atoms with Crippen molar-refractivity contribution in [3.8, 4) is 0 Å². The molecule has 8 heteroatoms. The zero-order chi connectivity index (χ0) is 17.9. The van der Waals surface area contributed by atoms with Crippen molar-refractivity contribution in [2.75, 3.05) is 11.9 Å². The lowest BCUT2D eigenvalue weighted by Crippen LogP contribution is -2.14. The molecule has 1 heterocycles. The van der Waals surface area contributed by atoms with Crippen molar-refractivity contribution < 1.29 is 22.7 Å². The fraction of sp³-hybridized carbons (Fsp3) is 0.250. The molecule has 0 radical (unpaired) electrons. The van der Waals surface area contributed by atoms with Gasteiger partial charge in [-0.25, -0.2) is 9.78 Å². The van der Waals surface area contributed by atoms with E-state index >= 15 is 0 Å². The lowest BCUT2D eigenvalue weighted by Gasteiger charge is -2.15. The van der Waals surface area contributed by atoms with Crippen LogP contribution in [0.5, 0.6) is 0 Å². The summed E-state index contributed by atoms with van der Waals surface area (Å²) in [6.07, 6.45) is -4.64. The van der Waals surface area contributed by atoms with Crippen LogP contribution in [-0.2, 0) is 10.9 Å². The first-order valence-electron chi connectivity index (χ1n) is 7.01. The van der Waals surface area contributed by atoms with Crippen molar-refractivity contribution in [2.45, 2.75) is 20.0 Å². The van der Waals surface area contributed by atoms with Crippen LogP contribution in [0.2, 0.25) is 5.02 Å². The van der Waals surface area contributed by atoms with Crippen molar-refractivity contribution in [1.82, 2.24) is 4.98 Å². The first-order chi connectivity index (χ1) is 11.2. The van der Waals surface area contributed by atoms with Gasteiger partial charge in [-0.15, -0.1) is 0 Å². The molecule has 0 atom stereocenters. The Morgan fingerprint density at radius 3 is 2.58 bits per heavy atom. The zero-order valence-corrected chi connectivity index (χ0v) is 13.6. The second-order valence-electron chi connectivity index (χ2n) is 4.87. The fourth-order valence-electron chi connectivity index (χ4n) is 1.99. The highest BCUT2D eigenvalue weighted by Gasteiger charge is 2.33. The first kappa shape index (κ1) is 18.1. The van der Waals surface area contributed by atoms with Crippen LogP contribution in [0.4, 0.5) is 24.7 Å². The predicted molar refractivity (Wildman–Crippen MR) is 84.7 cm³/mol. The van der Waals surface area contributed by atoms with Crippen LogP contribution in [0.25, 0.3) is 0 Å². The number of rotatable bonds is 4. The van der Waals surface area contributed by atoms with Crippen LogP contribution in [-0.4, -0.2) is 17.6 Å². The Balaban J connectivity index is 2.53. The molecule has 128 valence electrons. The van der Waals surface area contributed by atoms with E-state index in [0.717, 1.165) is 12.1 Å². The van der Waals surface area contributed by atoms with E-state index in [1.165, 1.54) is 0 Å². The summed E-state index contributed by atoms with van der Waals surface area (Å²) in [6.45, 7) is 3.41. The summed E-state index contributed by atoms with van der Waals surface area (Å²) in [7, 11) is 0. The normalized spacial score (nSPS) is 11.2. The molecule has 0 amide bonds. The molecule has 24 heavy (non-hydrogen) atoms. The molecule has 1 aromatic carbocycles. The number of aromatic nitrogens is 1. The van der Waals surface area contributed by atoms with Crippen LogP contribution < -0.4 is 5.32 Å². The highest BCUT2D eigenvalue weighted by atomic mass is 35.5. The van der Waals surface area contributed by atoms with E-state index in [1.807, 2.05) is 0 Å². The Labute approximate surface area is 141 Å². The molecule has 0 saturated carbocycles. The quantitative estimate of drug-likeness (QED) is 0.783. The van der Waals surface area contributed by atoms with Crippen LogP contribution >= 0.6 is 11.6 Å². The molecule has 2 rings (SSSR count). The third-order valence-electron chi connectivity index (χ3n) is 3.15. The van der Waals surface area contributed by atoms with Gasteiger partial charge in [-0.2, -0.15) is 13.2 Å². The average molecular weight is 359 g/mol. The van der Waals surface area contributed by atoms with Crippen molar-refractivity contribution >= 4 is 29.1 Å². The van der Waals surface area contributed by atoms with Crippen LogP contribution in [0.1, 0.15) is 28.5 Å². The number of anilines is 2. The highest BCUT2D eigenvalue weighted by molar-refractivity contribution is 6.33. The number of ether oxygens (including phenoxy) is 1. The minimum atomic E-state index is -4.64. The van der Waals surface area contributed by atoms with Crippen molar-refractivity contribution in [1.29, 1.82) is 0 Å². The number of nitrogens with one attached hydrogen (secondary N) is 1. The Hall–Kier alpha value is -2.28. The number of hydrogen-bond acceptors (Lipinski definition) is 4. The van der Waals surface area contributed by atoms with Crippen LogP contribution in [0, 0.1) is 6.92 Å². The van der Waals surface area contributed by atoms with Crippen molar-refractivity contribution in [2.24, 2.45) is 0 Å². The molecular formula is C16H14ClF3N2O2. The number of carbonyl (C=O) groups excluding carboxylic acids is 1. The summed E-state index contributed by atoms with van der Waals surface area (Å²) in [4.78, 5) is 15.5. The molecule has 1 aromatic heterocycles. The van der Waals surface area contributed by atoms with Crippen LogP contribution in [0.3, 0.4) is 0 Å². The lowest BCUT2D eigenvalue weighted by molar-refractivity contribution is -0.141. The van der Waals surface area contributed by atoms with Gasteiger partial charge in [0.1, 0.15) is 17.1 Å². The highest BCUT2D eigenvalue weighted by Crippen LogP contribution is 2.33. The molecule has 2 aromatic rings. The van der Waals surface area contributed by atoms with Gasteiger partial charge in [0.15, 0.2) is 0 Å². The lowest BCUT2D eigenvalue weighted by atomic mass is 10.1. The third-order valence-corrected chi connectivity index (χ3v) is 3.46. The number of alkyl halides is 3. The molecule has 0 aliphatic rings. The monoisotopic (exact) mass is 358 g/mol. The maximum Gasteiger partial charge on any atom is 0.433 e. The average Bonchev–Trinajstić information content (AvgIpc) is 2.50. The first-order valence-corrected chi connectivity index (χ1v) is 7.39. The summed E-state index contributed by atoms with van der Waals surface area (Å²) in [5.74, 6) is -1.04. The van der Waals surface area contributed by atoms with E-state index in [1.54, 1.807) is 32.0 Å². The molecule has 0 aliphatic heterocycles. The number of carbonyl (C=O) groups is 1. The Kier molecular flexibility index (Phi) is 5.33. The number of hydrogen-bond donors (Lipinski definition) is 1. The maximum absolute atomic E-state index is 12.9. The standard InChI is InChI=1S/C16H14ClF3N2O2/c1-3-24-15(23)10-7-8-12(16(18,19)20)21-14(10)22-13-9(2)5-4-6-11(13)17/h4-8H,3H2,1-2H3,(H,21,22). The van der Waals surface area contributed by atoms with Gasteiger partial charge in [0.05, 0.1) is 17.3 Å². The minimum absolute atomic E-state index is 0.0877. The molecule has 0 unspecified atom stereocenters. The van der Waals surface area contributed by atoms with Gasteiger partial charge in [-0.1, -0.05) is 23.7 Å². The number of aryl methyl sites for hydroxylation is 1. The van der Waals surface area contributed by atoms with E-state index in [4.69, 9.17) is 16.3 Å². The molecule has 4 nitrogen and oxygen atoms in total. The van der Waals surface area contributed by atoms with E-state index in [-0.39, 0.29) is 18.0 Å². The van der Waals surface area contributed by atoms with Crippen molar-refractivity contribution in [3.05, 3.63) is 52.2 Å². The van der Waals surface area contributed by atoms with Gasteiger partial charge in [0.25, 0.3) is 0 Å². The molecule has 0 fully saturated rings. The summed E-state index contributed by atoms with van der Waals surface area (Å²) < 4.78 is 43.6. The third kappa shape index (κ3) is 3.97. The molecule has 0 aliphatic carbocycles. The summed E-state index contributed by atoms with van der Waals surface area (Å²) in [5.41, 5.74) is -0.167. The van der Waals surface area contributed by atoms with Gasteiger partial charge in [-0.3, -0.25) is 0 Å². The molecule has 1 N–H and O–H groups in total. The Bertz CT molecular complexity index is 743. The number of pyridine rings is 1. The smallest absolute Gasteiger partial charge is 0.433 e. The fourth-order valence-corrected chi connectivity index (χ4v) is 2.26. The van der Waals surface area contributed by atoms with Crippen molar-refractivity contribution in [3.63, 3.8) is 0 Å². The second kappa shape index (κ2) is 7.09. The number of halogens is 4. The van der Waals surface area contributed by atoms with Gasteiger partial charge < -0.3 is 10.1 Å². The molecular weight excluding hydrogens is 345 g/mol. The van der Waals surface area contributed by atoms with E-state index in [2.05, 4.69) is 10.3 Å².